The first kappa shape index (κ1) is 33.9. The van der Waals surface area contributed by atoms with Crippen molar-refractivity contribution in [1.29, 1.82) is 0 Å². The third kappa shape index (κ3) is 4.76. The van der Waals surface area contributed by atoms with Gasteiger partial charge < -0.3 is 4.90 Å². The monoisotopic (exact) mass is 761 g/mol. The van der Waals surface area contributed by atoms with Crippen molar-refractivity contribution in [1.82, 2.24) is 0 Å². The van der Waals surface area contributed by atoms with Gasteiger partial charge in [-0.15, -0.1) is 11.3 Å². The molecule has 278 valence electrons. The second-order valence-corrected chi connectivity index (χ2v) is 18.2. The van der Waals surface area contributed by atoms with E-state index in [1.165, 1.54) is 130 Å². The van der Waals surface area contributed by atoms with Gasteiger partial charge in [0.25, 0.3) is 0 Å². The van der Waals surface area contributed by atoms with Crippen molar-refractivity contribution in [2.24, 2.45) is 0 Å². The fourth-order valence-electron chi connectivity index (χ4n) is 11.3. The van der Waals surface area contributed by atoms with Gasteiger partial charge in [-0.25, -0.2) is 0 Å². The molecule has 0 amide bonds. The molecule has 58 heavy (non-hydrogen) atoms. The minimum absolute atomic E-state index is 0.0953. The average Bonchev–Trinajstić information content (AvgIpc) is 4.04. The molecule has 3 aliphatic carbocycles. The Hall–Kier alpha value is -6.22. The van der Waals surface area contributed by atoms with Crippen LogP contribution in [0.15, 0.2) is 176 Å². The summed E-state index contributed by atoms with van der Waals surface area (Å²) >= 11 is 1.90. The zero-order valence-corrected chi connectivity index (χ0v) is 33.7. The van der Waals surface area contributed by atoms with E-state index in [0.717, 1.165) is 0 Å². The van der Waals surface area contributed by atoms with Crippen LogP contribution in [-0.4, -0.2) is 0 Å². The molecule has 0 bridgehead atoms. The molecule has 0 radical (unpaired) electrons. The summed E-state index contributed by atoms with van der Waals surface area (Å²) in [7, 11) is 0. The number of nitrogens with zero attached hydrogens (tertiary/aromatic N) is 1. The third-order valence-corrected chi connectivity index (χ3v) is 15.0. The van der Waals surface area contributed by atoms with E-state index in [2.05, 4.69) is 195 Å². The van der Waals surface area contributed by atoms with E-state index in [-0.39, 0.29) is 10.8 Å². The number of hydrogen-bond acceptors (Lipinski definition) is 2. The molecule has 1 nitrogen and oxygen atoms in total. The van der Waals surface area contributed by atoms with Crippen molar-refractivity contribution in [2.45, 2.75) is 50.4 Å². The number of fused-ring (bicyclic) bond motifs is 11. The quantitative estimate of drug-likeness (QED) is 0.169. The summed E-state index contributed by atoms with van der Waals surface area (Å²) in [5.41, 5.74) is 20.1. The molecular formula is C56H43NS. The summed E-state index contributed by atoms with van der Waals surface area (Å²) < 4.78 is 2.64. The SMILES string of the molecule is CC1(C)c2ccccc2-c2cccc(-c3ccccc3-c3ccc(N(c4ccc5c(c4)C4(CCCC4)c4ccccc4-5)c4cccc5c4sc4ccccc45)cc3)c21. The highest BCUT2D eigenvalue weighted by molar-refractivity contribution is 7.26. The Kier molecular flexibility index (Phi) is 7.38. The number of benzene rings is 8. The average molecular weight is 762 g/mol. The van der Waals surface area contributed by atoms with Gasteiger partial charge in [0.05, 0.1) is 10.4 Å². The van der Waals surface area contributed by atoms with Crippen LogP contribution in [0.25, 0.3) is 64.7 Å². The van der Waals surface area contributed by atoms with Crippen LogP contribution in [0, 0.1) is 0 Å². The van der Waals surface area contributed by atoms with E-state index in [4.69, 9.17) is 0 Å². The summed E-state index contributed by atoms with van der Waals surface area (Å²) in [6, 6.07) is 66.4. The van der Waals surface area contributed by atoms with Crippen LogP contribution >= 0.6 is 11.3 Å². The normalized spacial score (nSPS) is 15.4. The van der Waals surface area contributed by atoms with Crippen molar-refractivity contribution in [3.63, 3.8) is 0 Å². The molecule has 0 unspecified atom stereocenters. The van der Waals surface area contributed by atoms with Gasteiger partial charge in [0, 0.05) is 37.7 Å². The Labute approximate surface area is 344 Å². The molecule has 0 N–H and O–H groups in total. The highest BCUT2D eigenvalue weighted by atomic mass is 32.1. The highest BCUT2D eigenvalue weighted by Gasteiger charge is 2.45. The topological polar surface area (TPSA) is 3.24 Å². The zero-order chi connectivity index (χ0) is 38.6. The Morgan fingerprint density at radius 1 is 0.448 bits per heavy atom. The molecular weight excluding hydrogens is 719 g/mol. The van der Waals surface area contributed by atoms with Gasteiger partial charge >= 0.3 is 0 Å². The fourth-order valence-corrected chi connectivity index (χ4v) is 12.5. The smallest absolute Gasteiger partial charge is 0.0640 e. The molecule has 1 heterocycles. The molecule has 12 rings (SSSR count). The molecule has 8 aromatic carbocycles. The van der Waals surface area contributed by atoms with Gasteiger partial charge in [-0.3, -0.25) is 0 Å². The summed E-state index contributed by atoms with van der Waals surface area (Å²) in [4.78, 5) is 2.53. The van der Waals surface area contributed by atoms with Crippen LogP contribution in [0.3, 0.4) is 0 Å². The van der Waals surface area contributed by atoms with Crippen molar-refractivity contribution >= 4 is 48.6 Å². The molecule has 1 spiro atoms. The predicted molar refractivity (Wildman–Crippen MR) is 247 cm³/mol. The third-order valence-electron chi connectivity index (χ3n) is 13.8. The molecule has 9 aromatic rings. The summed E-state index contributed by atoms with van der Waals surface area (Å²) in [6.45, 7) is 4.77. The molecule has 0 saturated heterocycles. The maximum atomic E-state index is 2.55. The highest BCUT2D eigenvalue weighted by Crippen LogP contribution is 2.58. The van der Waals surface area contributed by atoms with Crippen LogP contribution in [-0.2, 0) is 10.8 Å². The summed E-state index contributed by atoms with van der Waals surface area (Å²) in [6.07, 6.45) is 4.99. The number of anilines is 3. The molecule has 2 heteroatoms. The van der Waals surface area contributed by atoms with Crippen LogP contribution < -0.4 is 4.90 Å². The predicted octanol–water partition coefficient (Wildman–Crippen LogP) is 16.0. The Morgan fingerprint density at radius 3 is 1.81 bits per heavy atom. The lowest BCUT2D eigenvalue weighted by molar-refractivity contribution is 0.550. The van der Waals surface area contributed by atoms with Crippen LogP contribution in [0.2, 0.25) is 0 Å². The van der Waals surface area contributed by atoms with Gasteiger partial charge in [0.1, 0.15) is 0 Å². The Morgan fingerprint density at radius 2 is 1.02 bits per heavy atom. The molecule has 1 aromatic heterocycles. The number of rotatable bonds is 5. The lowest BCUT2D eigenvalue weighted by Gasteiger charge is -2.30. The van der Waals surface area contributed by atoms with E-state index in [9.17, 15) is 0 Å². The molecule has 1 saturated carbocycles. The van der Waals surface area contributed by atoms with E-state index in [1.54, 1.807) is 0 Å². The summed E-state index contributed by atoms with van der Waals surface area (Å²) in [5, 5.41) is 2.64. The Balaban J connectivity index is 1.02. The van der Waals surface area contributed by atoms with Crippen LogP contribution in [0.5, 0.6) is 0 Å². The maximum absolute atomic E-state index is 2.55. The van der Waals surface area contributed by atoms with Crippen molar-refractivity contribution in [3.8, 4) is 44.5 Å². The number of thiophene rings is 1. The lowest BCUT2D eigenvalue weighted by Crippen LogP contribution is -2.21. The van der Waals surface area contributed by atoms with Gasteiger partial charge in [0.2, 0.25) is 0 Å². The van der Waals surface area contributed by atoms with E-state index < -0.39 is 0 Å². The second-order valence-electron chi connectivity index (χ2n) is 17.1. The standard InChI is InChI=1S/C56H43NS/c1-55(2)48-23-8-5-18-42(48)46-21-13-20-45(53(46)55)40-16-4-3-15-39(40)36-27-29-37(30-28-36)57(51-25-14-22-47-44-19-7-10-26-52(44)58-54(47)51)38-31-32-43-41-17-6-9-24-49(41)56(50(43)35-38)33-11-12-34-56/h3-10,13-32,35H,11-12,33-34H2,1-2H3. The summed E-state index contributed by atoms with van der Waals surface area (Å²) in [5.74, 6) is 0. The molecule has 0 atom stereocenters. The maximum Gasteiger partial charge on any atom is 0.0640 e. The minimum atomic E-state index is -0.0953. The number of hydrogen-bond donors (Lipinski definition) is 0. The van der Waals surface area contributed by atoms with Gasteiger partial charge in [-0.2, -0.15) is 0 Å². The first-order valence-corrected chi connectivity index (χ1v) is 21.7. The molecule has 1 fully saturated rings. The Bertz CT molecular complexity index is 3100. The van der Waals surface area contributed by atoms with Gasteiger partial charge in [0.15, 0.2) is 0 Å². The second kappa shape index (κ2) is 12.6. The largest absolute Gasteiger partial charge is 0.309 e. The van der Waals surface area contributed by atoms with E-state index in [1.807, 2.05) is 11.3 Å². The van der Waals surface area contributed by atoms with Gasteiger partial charge in [-0.1, -0.05) is 166 Å². The molecule has 3 aliphatic rings. The molecule has 0 aliphatic heterocycles. The minimum Gasteiger partial charge on any atom is -0.309 e. The zero-order valence-electron chi connectivity index (χ0n) is 32.9. The van der Waals surface area contributed by atoms with E-state index >= 15 is 0 Å². The van der Waals surface area contributed by atoms with Crippen LogP contribution in [0.1, 0.15) is 61.8 Å². The van der Waals surface area contributed by atoms with Gasteiger partial charge in [-0.05, 0) is 116 Å². The van der Waals surface area contributed by atoms with Crippen molar-refractivity contribution < 1.29 is 0 Å². The van der Waals surface area contributed by atoms with Crippen molar-refractivity contribution in [2.75, 3.05) is 4.90 Å². The first-order valence-electron chi connectivity index (χ1n) is 20.9. The van der Waals surface area contributed by atoms with Crippen LogP contribution in [0.4, 0.5) is 17.1 Å². The van der Waals surface area contributed by atoms with Crippen molar-refractivity contribution in [3.05, 3.63) is 198 Å². The van der Waals surface area contributed by atoms with E-state index in [0.29, 0.717) is 0 Å². The fraction of sp³-hybridized carbons (Fsp3) is 0.143. The lowest BCUT2D eigenvalue weighted by atomic mass is 9.76. The first-order chi connectivity index (χ1) is 28.5.